The lowest BCUT2D eigenvalue weighted by molar-refractivity contribution is -0.0734. The van der Waals surface area contributed by atoms with Crippen molar-refractivity contribution in [3.63, 3.8) is 0 Å². The van der Waals surface area contributed by atoms with Crippen molar-refractivity contribution in [2.24, 2.45) is 0 Å². The number of aliphatic hydroxyl groups is 1. The van der Waals surface area contributed by atoms with Gasteiger partial charge in [-0.15, -0.1) is 0 Å². The van der Waals surface area contributed by atoms with Gasteiger partial charge >= 0.3 is 0 Å². The number of carbonyl (C=O) groups excluding carboxylic acids is 1. The van der Waals surface area contributed by atoms with Gasteiger partial charge in [0, 0.05) is 39.6 Å². The SMILES string of the molecule is CN(CC1(O)CCOCC1)C(=O)c1cc(F)cnc1Cl. The molecule has 5 nitrogen and oxygen atoms in total. The third kappa shape index (κ3) is 3.45. The summed E-state index contributed by atoms with van der Waals surface area (Å²) in [7, 11) is 1.54. The third-order valence-electron chi connectivity index (χ3n) is 3.34. The van der Waals surface area contributed by atoms with E-state index >= 15 is 0 Å². The molecule has 7 heteroatoms. The average Bonchev–Trinajstić information content (AvgIpc) is 2.41. The van der Waals surface area contributed by atoms with Gasteiger partial charge in [-0.2, -0.15) is 0 Å². The zero-order chi connectivity index (χ0) is 14.8. The van der Waals surface area contributed by atoms with Crippen LogP contribution >= 0.6 is 11.6 Å². The smallest absolute Gasteiger partial charge is 0.256 e. The Morgan fingerprint density at radius 2 is 2.25 bits per heavy atom. The molecule has 1 N–H and O–H groups in total. The molecule has 0 aliphatic carbocycles. The third-order valence-corrected chi connectivity index (χ3v) is 3.64. The van der Waals surface area contributed by atoms with E-state index in [0.29, 0.717) is 26.1 Å². The Kier molecular flexibility index (Phi) is 4.57. The first kappa shape index (κ1) is 15.2. The van der Waals surface area contributed by atoms with Gasteiger partial charge in [0.15, 0.2) is 0 Å². The molecule has 0 aromatic carbocycles. The largest absolute Gasteiger partial charge is 0.388 e. The lowest BCUT2D eigenvalue weighted by Gasteiger charge is -2.35. The van der Waals surface area contributed by atoms with Crippen molar-refractivity contribution in [1.29, 1.82) is 0 Å². The van der Waals surface area contributed by atoms with Crippen molar-refractivity contribution in [3.05, 3.63) is 28.8 Å². The molecule has 2 rings (SSSR count). The molecule has 0 radical (unpaired) electrons. The predicted molar refractivity (Wildman–Crippen MR) is 71.2 cm³/mol. The Labute approximate surface area is 121 Å². The average molecular weight is 303 g/mol. The monoisotopic (exact) mass is 302 g/mol. The van der Waals surface area contributed by atoms with Crippen LogP contribution in [0.5, 0.6) is 0 Å². The van der Waals surface area contributed by atoms with Crippen LogP contribution in [0.3, 0.4) is 0 Å². The lowest BCUT2D eigenvalue weighted by Crippen LogP contribution is -2.47. The van der Waals surface area contributed by atoms with E-state index in [9.17, 15) is 14.3 Å². The maximum atomic E-state index is 13.1. The van der Waals surface area contributed by atoms with Gasteiger partial charge in [-0.05, 0) is 6.07 Å². The van der Waals surface area contributed by atoms with Gasteiger partial charge in [-0.1, -0.05) is 11.6 Å². The Morgan fingerprint density at radius 1 is 1.60 bits per heavy atom. The predicted octanol–water partition coefficient (Wildman–Crippen LogP) is 1.49. The first-order chi connectivity index (χ1) is 9.41. The molecule has 0 atom stereocenters. The number of ether oxygens (including phenoxy) is 1. The number of pyridine rings is 1. The molecule has 1 aromatic rings. The van der Waals surface area contributed by atoms with Gasteiger partial charge in [-0.25, -0.2) is 9.37 Å². The number of hydrogen-bond acceptors (Lipinski definition) is 4. The molecule has 0 bridgehead atoms. The molecule has 0 unspecified atom stereocenters. The summed E-state index contributed by atoms with van der Waals surface area (Å²) in [6.45, 7) is 1.06. The molecule has 1 aliphatic rings. The second-order valence-corrected chi connectivity index (χ2v) is 5.35. The Balaban J connectivity index is 2.10. The first-order valence-corrected chi connectivity index (χ1v) is 6.66. The van der Waals surface area contributed by atoms with Gasteiger partial charge in [0.1, 0.15) is 11.0 Å². The number of amides is 1. The van der Waals surface area contributed by atoms with Crippen molar-refractivity contribution in [2.45, 2.75) is 18.4 Å². The highest BCUT2D eigenvalue weighted by Gasteiger charge is 2.33. The summed E-state index contributed by atoms with van der Waals surface area (Å²) in [5, 5.41) is 10.3. The number of aromatic nitrogens is 1. The molecule has 110 valence electrons. The molecular formula is C13H16ClFN2O3. The highest BCUT2D eigenvalue weighted by Crippen LogP contribution is 2.23. The maximum Gasteiger partial charge on any atom is 0.256 e. The van der Waals surface area contributed by atoms with Crippen LogP contribution < -0.4 is 0 Å². The van der Waals surface area contributed by atoms with E-state index in [1.165, 1.54) is 11.9 Å². The molecule has 0 saturated carbocycles. The zero-order valence-electron chi connectivity index (χ0n) is 11.1. The fourth-order valence-electron chi connectivity index (χ4n) is 2.20. The van der Waals surface area contributed by atoms with E-state index in [-0.39, 0.29) is 17.3 Å². The number of likely N-dealkylation sites (N-methyl/N-ethyl adjacent to an activating group) is 1. The number of rotatable bonds is 3. The molecule has 2 heterocycles. The molecule has 0 spiro atoms. The van der Waals surface area contributed by atoms with Crippen molar-refractivity contribution in [2.75, 3.05) is 26.8 Å². The van der Waals surface area contributed by atoms with E-state index in [1.54, 1.807) is 0 Å². The van der Waals surface area contributed by atoms with E-state index in [1.807, 2.05) is 0 Å². The second-order valence-electron chi connectivity index (χ2n) is 4.99. The van der Waals surface area contributed by atoms with E-state index in [4.69, 9.17) is 16.3 Å². The number of hydrogen-bond donors (Lipinski definition) is 1. The van der Waals surface area contributed by atoms with Gasteiger partial charge in [0.25, 0.3) is 5.91 Å². The van der Waals surface area contributed by atoms with E-state index < -0.39 is 17.3 Å². The summed E-state index contributed by atoms with van der Waals surface area (Å²) in [4.78, 5) is 17.2. The van der Waals surface area contributed by atoms with Crippen LogP contribution in [-0.2, 0) is 4.74 Å². The number of halogens is 2. The van der Waals surface area contributed by atoms with Crippen LogP contribution in [0.1, 0.15) is 23.2 Å². The van der Waals surface area contributed by atoms with Crippen molar-refractivity contribution >= 4 is 17.5 Å². The Hall–Kier alpha value is -1.24. The molecule has 1 aromatic heterocycles. The lowest BCUT2D eigenvalue weighted by atomic mass is 9.94. The van der Waals surface area contributed by atoms with E-state index in [2.05, 4.69) is 4.98 Å². The number of nitrogens with zero attached hydrogens (tertiary/aromatic N) is 2. The minimum Gasteiger partial charge on any atom is -0.388 e. The minimum absolute atomic E-state index is 0.00942. The van der Waals surface area contributed by atoms with Crippen molar-refractivity contribution in [1.82, 2.24) is 9.88 Å². The Bertz CT molecular complexity index is 506. The molecular weight excluding hydrogens is 287 g/mol. The summed E-state index contributed by atoms with van der Waals surface area (Å²) in [6, 6.07) is 1.04. The first-order valence-electron chi connectivity index (χ1n) is 6.28. The van der Waals surface area contributed by atoms with Crippen LogP contribution in [0.15, 0.2) is 12.3 Å². The van der Waals surface area contributed by atoms with Crippen LogP contribution in [0.2, 0.25) is 5.15 Å². The van der Waals surface area contributed by atoms with E-state index in [0.717, 1.165) is 12.3 Å². The zero-order valence-corrected chi connectivity index (χ0v) is 11.9. The molecule has 1 aliphatic heterocycles. The van der Waals surface area contributed by atoms with Gasteiger partial charge in [0.05, 0.1) is 17.4 Å². The Morgan fingerprint density at radius 3 is 2.90 bits per heavy atom. The fraction of sp³-hybridized carbons (Fsp3) is 0.538. The summed E-state index contributed by atoms with van der Waals surface area (Å²) >= 11 is 5.80. The summed E-state index contributed by atoms with van der Waals surface area (Å²) in [6.07, 6.45) is 1.87. The topological polar surface area (TPSA) is 62.7 Å². The van der Waals surface area contributed by atoms with Crippen molar-refractivity contribution < 1.29 is 19.0 Å². The van der Waals surface area contributed by atoms with Crippen LogP contribution in [-0.4, -0.2) is 53.3 Å². The highest BCUT2D eigenvalue weighted by molar-refractivity contribution is 6.32. The fourth-order valence-corrected chi connectivity index (χ4v) is 2.39. The van der Waals surface area contributed by atoms with Gasteiger partial charge in [0.2, 0.25) is 0 Å². The molecule has 1 saturated heterocycles. The normalized spacial score (nSPS) is 17.8. The van der Waals surface area contributed by atoms with Crippen LogP contribution in [0.25, 0.3) is 0 Å². The molecule has 20 heavy (non-hydrogen) atoms. The summed E-state index contributed by atoms with van der Waals surface area (Å²) in [5.74, 6) is -1.10. The number of carbonyl (C=O) groups is 1. The highest BCUT2D eigenvalue weighted by atomic mass is 35.5. The molecule has 1 fully saturated rings. The quantitative estimate of drug-likeness (QED) is 0.859. The minimum atomic E-state index is -0.976. The molecule has 1 amide bonds. The maximum absolute atomic E-state index is 13.1. The summed E-state index contributed by atoms with van der Waals surface area (Å²) < 4.78 is 18.3. The van der Waals surface area contributed by atoms with Crippen LogP contribution in [0.4, 0.5) is 4.39 Å². The van der Waals surface area contributed by atoms with Crippen LogP contribution in [0, 0.1) is 5.82 Å². The van der Waals surface area contributed by atoms with Gasteiger partial charge < -0.3 is 14.7 Å². The van der Waals surface area contributed by atoms with Gasteiger partial charge in [-0.3, -0.25) is 4.79 Å². The summed E-state index contributed by atoms with van der Waals surface area (Å²) in [5.41, 5.74) is -0.986. The second kappa shape index (κ2) is 6.03. The van der Waals surface area contributed by atoms with Crippen molar-refractivity contribution in [3.8, 4) is 0 Å². The standard InChI is InChI=1S/C13H16ClFN2O3/c1-17(8-13(19)2-4-20-5-3-13)12(18)10-6-9(15)7-16-11(10)14/h6-7,19H,2-5,8H2,1H3.